The number of amides is 2. The van der Waals surface area contributed by atoms with Crippen LogP contribution in [0.4, 0.5) is 10.1 Å². The van der Waals surface area contributed by atoms with Crippen LogP contribution in [0.25, 0.3) is 0 Å². The molecule has 7 nitrogen and oxygen atoms in total. The summed E-state index contributed by atoms with van der Waals surface area (Å²) in [7, 11) is -2.73. The Morgan fingerprint density at radius 1 is 0.814 bits per heavy atom. The van der Waals surface area contributed by atoms with Crippen LogP contribution in [0.5, 0.6) is 0 Å². The summed E-state index contributed by atoms with van der Waals surface area (Å²) in [5.41, 5.74) is 2.31. The molecular formula is C34H36FN3O4S. The molecule has 9 heteroatoms. The van der Waals surface area contributed by atoms with Gasteiger partial charge in [0, 0.05) is 25.6 Å². The molecule has 0 fully saturated rings. The molecule has 0 aliphatic heterocycles. The van der Waals surface area contributed by atoms with E-state index >= 15 is 0 Å². The van der Waals surface area contributed by atoms with Gasteiger partial charge in [-0.05, 0) is 47.4 Å². The first-order chi connectivity index (χ1) is 20.6. The van der Waals surface area contributed by atoms with Crippen molar-refractivity contribution in [3.63, 3.8) is 0 Å². The molecule has 224 valence electrons. The number of sulfonamides is 1. The molecule has 4 aromatic carbocycles. The minimum Gasteiger partial charge on any atom is -0.357 e. The first kappa shape index (κ1) is 31.4. The number of halogens is 1. The van der Waals surface area contributed by atoms with Crippen molar-refractivity contribution in [3.8, 4) is 0 Å². The van der Waals surface area contributed by atoms with Crippen molar-refractivity contribution in [1.82, 2.24) is 10.2 Å². The molecule has 0 radical (unpaired) electrons. The molecule has 0 aliphatic carbocycles. The third-order valence-electron chi connectivity index (χ3n) is 7.27. The van der Waals surface area contributed by atoms with E-state index < -0.39 is 40.2 Å². The number of hydrogen-bond donors (Lipinski definition) is 1. The third kappa shape index (κ3) is 7.67. The molecule has 0 bridgehead atoms. The standard InChI is InChI=1S/C34H36FN3O4S/c1-25(2)27-18-20-29(21-19-27)38(43(41,42)30-15-8-5-9-16-30)24-33(39)37(23-28-14-10-11-17-31(28)35)32(34(40)36-3)22-26-12-6-4-7-13-26/h4-21,25,32H,22-24H2,1-3H3,(H,36,40)/t32-/m1/s1. The molecule has 0 aromatic heterocycles. The average Bonchev–Trinajstić information content (AvgIpc) is 3.02. The summed E-state index contributed by atoms with van der Waals surface area (Å²) < 4.78 is 43.9. The van der Waals surface area contributed by atoms with Crippen molar-refractivity contribution < 1.29 is 22.4 Å². The lowest BCUT2D eigenvalue weighted by molar-refractivity contribution is -0.139. The number of benzene rings is 4. The zero-order valence-electron chi connectivity index (χ0n) is 24.5. The summed E-state index contributed by atoms with van der Waals surface area (Å²) in [6.07, 6.45) is 0.148. The van der Waals surface area contributed by atoms with Crippen molar-refractivity contribution in [2.75, 3.05) is 17.9 Å². The van der Waals surface area contributed by atoms with Gasteiger partial charge in [0.1, 0.15) is 18.4 Å². The Morgan fingerprint density at radius 2 is 1.40 bits per heavy atom. The van der Waals surface area contributed by atoms with E-state index in [2.05, 4.69) is 5.32 Å². The van der Waals surface area contributed by atoms with Gasteiger partial charge in [0.05, 0.1) is 10.6 Å². The molecule has 0 saturated carbocycles. The van der Waals surface area contributed by atoms with Crippen molar-refractivity contribution in [2.45, 2.75) is 43.7 Å². The zero-order valence-corrected chi connectivity index (χ0v) is 25.3. The number of nitrogens with one attached hydrogen (secondary N) is 1. The van der Waals surface area contributed by atoms with Crippen LogP contribution in [-0.2, 0) is 32.6 Å². The largest absolute Gasteiger partial charge is 0.357 e. The van der Waals surface area contributed by atoms with Crippen molar-refractivity contribution >= 4 is 27.5 Å². The van der Waals surface area contributed by atoms with Gasteiger partial charge in [-0.2, -0.15) is 0 Å². The van der Waals surface area contributed by atoms with Gasteiger partial charge < -0.3 is 10.2 Å². The molecular weight excluding hydrogens is 565 g/mol. The summed E-state index contributed by atoms with van der Waals surface area (Å²) in [6.45, 7) is 3.23. The summed E-state index contributed by atoms with van der Waals surface area (Å²) in [5, 5.41) is 2.62. The van der Waals surface area contributed by atoms with E-state index in [1.165, 1.54) is 30.1 Å². The fourth-order valence-electron chi connectivity index (χ4n) is 4.80. The van der Waals surface area contributed by atoms with Crippen LogP contribution in [-0.4, -0.2) is 44.8 Å². The fourth-order valence-corrected chi connectivity index (χ4v) is 6.24. The minimum absolute atomic E-state index is 0.0172. The molecule has 0 unspecified atom stereocenters. The third-order valence-corrected chi connectivity index (χ3v) is 9.06. The van der Waals surface area contributed by atoms with E-state index in [0.717, 1.165) is 15.4 Å². The van der Waals surface area contributed by atoms with Gasteiger partial charge in [-0.25, -0.2) is 12.8 Å². The maximum Gasteiger partial charge on any atom is 0.264 e. The minimum atomic E-state index is -4.20. The summed E-state index contributed by atoms with van der Waals surface area (Å²) >= 11 is 0. The molecule has 4 rings (SSSR count). The summed E-state index contributed by atoms with van der Waals surface area (Å²) in [4.78, 5) is 28.8. The van der Waals surface area contributed by atoms with Crippen LogP contribution in [0.2, 0.25) is 0 Å². The van der Waals surface area contributed by atoms with Crippen molar-refractivity contribution in [2.24, 2.45) is 0 Å². The lowest BCUT2D eigenvalue weighted by atomic mass is 10.0. The topological polar surface area (TPSA) is 86.8 Å². The Hall–Kier alpha value is -4.50. The number of likely N-dealkylation sites (N-methyl/N-ethyl adjacent to an activating group) is 1. The van der Waals surface area contributed by atoms with Crippen LogP contribution in [0.1, 0.15) is 36.5 Å². The maximum atomic E-state index is 14.9. The lowest BCUT2D eigenvalue weighted by Gasteiger charge is -2.33. The van der Waals surface area contributed by atoms with Crippen LogP contribution in [0, 0.1) is 5.82 Å². The van der Waals surface area contributed by atoms with Gasteiger partial charge in [-0.3, -0.25) is 13.9 Å². The average molecular weight is 602 g/mol. The second-order valence-electron chi connectivity index (χ2n) is 10.5. The van der Waals surface area contributed by atoms with E-state index in [4.69, 9.17) is 0 Å². The first-order valence-electron chi connectivity index (χ1n) is 14.1. The highest BCUT2D eigenvalue weighted by Crippen LogP contribution is 2.27. The molecule has 1 N–H and O–H groups in total. The van der Waals surface area contributed by atoms with Gasteiger partial charge in [-0.1, -0.05) is 92.7 Å². The van der Waals surface area contributed by atoms with Gasteiger partial charge in [0.2, 0.25) is 11.8 Å². The number of nitrogens with zero attached hydrogens (tertiary/aromatic N) is 2. The van der Waals surface area contributed by atoms with E-state index in [1.807, 2.05) is 56.3 Å². The number of hydrogen-bond acceptors (Lipinski definition) is 4. The summed E-state index contributed by atoms with van der Waals surface area (Å²) in [5.74, 6) is -1.42. The Kier molecular flexibility index (Phi) is 10.3. The highest BCUT2D eigenvalue weighted by atomic mass is 32.2. The lowest BCUT2D eigenvalue weighted by Crippen LogP contribution is -2.53. The second-order valence-corrected chi connectivity index (χ2v) is 12.4. The van der Waals surface area contributed by atoms with Gasteiger partial charge in [0.15, 0.2) is 0 Å². The fraction of sp³-hybridized carbons (Fsp3) is 0.235. The quantitative estimate of drug-likeness (QED) is 0.231. The number of anilines is 1. The SMILES string of the molecule is CNC(=O)[C@@H](Cc1ccccc1)N(Cc1ccccc1F)C(=O)CN(c1ccc(C(C)C)cc1)S(=O)(=O)c1ccccc1. The predicted molar refractivity (Wildman–Crippen MR) is 166 cm³/mol. The summed E-state index contributed by atoms with van der Waals surface area (Å²) in [6, 6.07) is 29.0. The normalized spacial score (nSPS) is 12.0. The Labute approximate surface area is 253 Å². The van der Waals surface area contributed by atoms with Crippen molar-refractivity contribution in [1.29, 1.82) is 0 Å². The highest BCUT2D eigenvalue weighted by Gasteiger charge is 2.34. The molecule has 2 amide bonds. The predicted octanol–water partition coefficient (Wildman–Crippen LogP) is 5.53. The van der Waals surface area contributed by atoms with Crippen LogP contribution in [0.15, 0.2) is 114 Å². The maximum absolute atomic E-state index is 14.9. The van der Waals surface area contributed by atoms with Crippen LogP contribution >= 0.6 is 0 Å². The van der Waals surface area contributed by atoms with Gasteiger partial charge in [0.25, 0.3) is 10.0 Å². The van der Waals surface area contributed by atoms with Gasteiger partial charge >= 0.3 is 0 Å². The number of carbonyl (C=O) groups excluding carboxylic acids is 2. The monoisotopic (exact) mass is 601 g/mol. The van der Waals surface area contributed by atoms with E-state index in [9.17, 15) is 22.4 Å². The zero-order chi connectivity index (χ0) is 31.0. The highest BCUT2D eigenvalue weighted by molar-refractivity contribution is 7.92. The van der Waals surface area contributed by atoms with Gasteiger partial charge in [-0.15, -0.1) is 0 Å². The number of carbonyl (C=O) groups is 2. The Bertz CT molecular complexity index is 1630. The molecule has 0 spiro atoms. The molecule has 0 saturated heterocycles. The molecule has 4 aromatic rings. The smallest absolute Gasteiger partial charge is 0.264 e. The van der Waals surface area contributed by atoms with Crippen LogP contribution < -0.4 is 9.62 Å². The van der Waals surface area contributed by atoms with Crippen LogP contribution in [0.3, 0.4) is 0 Å². The molecule has 0 aliphatic rings. The molecule has 0 heterocycles. The Morgan fingerprint density at radius 3 is 1.98 bits per heavy atom. The number of rotatable bonds is 12. The van der Waals surface area contributed by atoms with Crippen molar-refractivity contribution in [3.05, 3.63) is 132 Å². The van der Waals surface area contributed by atoms with E-state index in [-0.39, 0.29) is 29.3 Å². The van der Waals surface area contributed by atoms with E-state index in [0.29, 0.717) is 5.69 Å². The second kappa shape index (κ2) is 14.1. The molecule has 43 heavy (non-hydrogen) atoms. The van der Waals surface area contributed by atoms with E-state index in [1.54, 1.807) is 48.5 Å². The first-order valence-corrected chi connectivity index (χ1v) is 15.5. The molecule has 1 atom stereocenters. The Balaban J connectivity index is 1.79.